The van der Waals surface area contributed by atoms with Crippen molar-refractivity contribution in [3.05, 3.63) is 36.0 Å². The second-order valence-corrected chi connectivity index (χ2v) is 15.9. The van der Waals surface area contributed by atoms with Crippen LogP contribution in [-0.4, -0.2) is 56.8 Å². The van der Waals surface area contributed by atoms with E-state index in [0.717, 1.165) is 17.0 Å². The molecule has 3 N–H and O–H groups in total. The fourth-order valence-electron chi connectivity index (χ4n) is 5.06. The lowest BCUT2D eigenvalue weighted by molar-refractivity contribution is 0.0909. The minimum Gasteiger partial charge on any atom is -0.543 e. The minimum absolute atomic E-state index is 0.129. The monoisotopic (exact) mass is 518 g/mol. The van der Waals surface area contributed by atoms with Crippen LogP contribution in [0.2, 0.25) is 16.6 Å². The first-order valence-electron chi connectivity index (χ1n) is 13.1. The number of hydrogen-bond donors (Lipinski definition) is 3. The van der Waals surface area contributed by atoms with Crippen molar-refractivity contribution in [2.24, 2.45) is 0 Å². The van der Waals surface area contributed by atoms with Crippen LogP contribution in [0.25, 0.3) is 11.3 Å². The highest BCUT2D eigenvalue weighted by atomic mass is 28.4. The number of amides is 1. The van der Waals surface area contributed by atoms with Gasteiger partial charge in [-0.15, -0.1) is 0 Å². The SMILES string of the molecule is CC[C@@H](O)CNC(=O)c1ccc(-c2cc(O[C@@H](C)COC)cc(O[Si](C(C)C)(C(C)C)C(C)C)c2)[nH]1. The van der Waals surface area contributed by atoms with Crippen molar-refractivity contribution in [3.63, 3.8) is 0 Å². The number of methoxy groups -OCH3 is 1. The molecule has 7 nitrogen and oxygen atoms in total. The Hall–Kier alpha value is -2.29. The standard InChI is InChI=1S/C28H46N2O5Si/c1-10-23(31)16-29-28(32)27-12-11-26(30-27)22-13-24(34-21(8)17-33-9)15-25(14-22)35-36(18(2)3,19(4)5)20(6)7/h11-15,18-21,23,30-31H,10,16-17H2,1-9H3,(H,29,32)/t21-,23+/m0/s1. The summed E-state index contributed by atoms with van der Waals surface area (Å²) in [5.74, 6) is 1.22. The molecule has 0 spiro atoms. The number of aromatic nitrogens is 1. The molecule has 2 aromatic rings. The minimum atomic E-state index is -2.19. The summed E-state index contributed by atoms with van der Waals surface area (Å²) in [5.41, 5.74) is 3.38. The van der Waals surface area contributed by atoms with Crippen molar-refractivity contribution in [3.8, 4) is 22.8 Å². The van der Waals surface area contributed by atoms with Gasteiger partial charge < -0.3 is 29.3 Å². The third kappa shape index (κ3) is 7.37. The Morgan fingerprint density at radius 3 is 2.17 bits per heavy atom. The van der Waals surface area contributed by atoms with Crippen LogP contribution in [0.4, 0.5) is 0 Å². The number of nitrogens with one attached hydrogen (secondary N) is 2. The average Bonchev–Trinajstić information content (AvgIpc) is 3.30. The largest absolute Gasteiger partial charge is 0.543 e. The van der Waals surface area contributed by atoms with E-state index >= 15 is 0 Å². The number of benzene rings is 1. The van der Waals surface area contributed by atoms with Crippen LogP contribution in [0, 0.1) is 0 Å². The van der Waals surface area contributed by atoms with Gasteiger partial charge in [0.05, 0.1) is 12.7 Å². The summed E-state index contributed by atoms with van der Waals surface area (Å²) in [6.07, 6.45) is -0.102. The predicted molar refractivity (Wildman–Crippen MR) is 149 cm³/mol. The number of H-pyrrole nitrogens is 1. The number of aliphatic hydroxyl groups is 1. The molecule has 0 aliphatic rings. The van der Waals surface area contributed by atoms with Gasteiger partial charge >= 0.3 is 0 Å². The normalized spacial score (nSPS) is 13.8. The number of aliphatic hydroxyl groups excluding tert-OH is 1. The van der Waals surface area contributed by atoms with E-state index in [1.54, 1.807) is 13.2 Å². The summed E-state index contributed by atoms with van der Waals surface area (Å²) in [6.45, 7) is 18.1. The molecule has 0 aliphatic carbocycles. The molecule has 1 amide bonds. The Bertz CT molecular complexity index is 951. The van der Waals surface area contributed by atoms with E-state index in [4.69, 9.17) is 13.9 Å². The lowest BCUT2D eigenvalue weighted by Gasteiger charge is -2.42. The molecular formula is C28H46N2O5Si. The second kappa shape index (κ2) is 13.3. The molecule has 0 unspecified atom stereocenters. The summed E-state index contributed by atoms with van der Waals surface area (Å²) >= 11 is 0. The Labute approximate surface area is 218 Å². The molecule has 36 heavy (non-hydrogen) atoms. The fourth-order valence-corrected chi connectivity index (χ4v) is 10.3. The molecule has 2 atom stereocenters. The highest BCUT2D eigenvalue weighted by molar-refractivity contribution is 6.78. The van der Waals surface area contributed by atoms with Crippen LogP contribution in [0.3, 0.4) is 0 Å². The first kappa shape index (κ1) is 29.9. The van der Waals surface area contributed by atoms with Gasteiger partial charge in [-0.2, -0.15) is 0 Å². The maximum Gasteiger partial charge on any atom is 0.267 e. The van der Waals surface area contributed by atoms with Gasteiger partial charge in [0.2, 0.25) is 0 Å². The van der Waals surface area contributed by atoms with E-state index in [2.05, 4.69) is 51.8 Å². The van der Waals surface area contributed by atoms with Gasteiger partial charge in [0.15, 0.2) is 0 Å². The summed E-state index contributed by atoms with van der Waals surface area (Å²) in [4.78, 5) is 15.8. The maximum atomic E-state index is 12.6. The van der Waals surface area contributed by atoms with E-state index in [0.29, 0.717) is 41.1 Å². The van der Waals surface area contributed by atoms with Crippen LogP contribution < -0.4 is 14.5 Å². The van der Waals surface area contributed by atoms with Crippen molar-refractivity contribution >= 4 is 14.2 Å². The van der Waals surface area contributed by atoms with E-state index in [-0.39, 0.29) is 18.6 Å². The smallest absolute Gasteiger partial charge is 0.267 e. The predicted octanol–water partition coefficient (Wildman–Crippen LogP) is 6.15. The first-order valence-corrected chi connectivity index (χ1v) is 15.2. The molecule has 0 radical (unpaired) electrons. The van der Waals surface area contributed by atoms with Gasteiger partial charge in [0, 0.05) is 31.0 Å². The Morgan fingerprint density at radius 1 is 1.00 bits per heavy atom. The molecule has 8 heteroatoms. The number of ether oxygens (including phenoxy) is 2. The molecule has 1 aromatic carbocycles. The van der Waals surface area contributed by atoms with Gasteiger partial charge in [0.1, 0.15) is 23.3 Å². The Morgan fingerprint density at radius 2 is 1.61 bits per heavy atom. The molecule has 202 valence electrons. The van der Waals surface area contributed by atoms with Crippen molar-refractivity contribution in [1.29, 1.82) is 0 Å². The van der Waals surface area contributed by atoms with Crippen molar-refractivity contribution in [2.75, 3.05) is 20.3 Å². The zero-order valence-electron chi connectivity index (χ0n) is 23.5. The molecule has 0 saturated carbocycles. The number of carbonyl (C=O) groups is 1. The summed E-state index contributed by atoms with van der Waals surface area (Å²) in [5, 5.41) is 12.5. The van der Waals surface area contributed by atoms with Crippen molar-refractivity contribution < 1.29 is 23.8 Å². The number of rotatable bonds is 14. The highest BCUT2D eigenvalue weighted by Crippen LogP contribution is 2.44. The molecule has 1 heterocycles. The second-order valence-electron chi connectivity index (χ2n) is 10.6. The highest BCUT2D eigenvalue weighted by Gasteiger charge is 2.47. The van der Waals surface area contributed by atoms with Gasteiger partial charge in [-0.05, 0) is 54.2 Å². The van der Waals surface area contributed by atoms with E-state index < -0.39 is 14.4 Å². The quantitative estimate of drug-likeness (QED) is 0.261. The maximum absolute atomic E-state index is 12.6. The first-order chi connectivity index (χ1) is 16.9. The average molecular weight is 519 g/mol. The Kier molecular flexibility index (Phi) is 11.1. The third-order valence-electron chi connectivity index (χ3n) is 6.83. The molecule has 2 rings (SSSR count). The fraction of sp³-hybridized carbons (Fsp3) is 0.607. The summed E-state index contributed by atoms with van der Waals surface area (Å²) in [7, 11) is -0.530. The molecular weight excluding hydrogens is 472 g/mol. The lowest BCUT2D eigenvalue weighted by Crippen LogP contribution is -2.50. The van der Waals surface area contributed by atoms with E-state index in [9.17, 15) is 9.90 Å². The zero-order valence-corrected chi connectivity index (χ0v) is 24.5. The molecule has 1 aromatic heterocycles. The third-order valence-corrected chi connectivity index (χ3v) is 12.8. The van der Waals surface area contributed by atoms with Crippen LogP contribution in [-0.2, 0) is 4.74 Å². The number of aromatic amines is 1. The van der Waals surface area contributed by atoms with Crippen LogP contribution >= 0.6 is 0 Å². The van der Waals surface area contributed by atoms with Gasteiger partial charge in [0.25, 0.3) is 14.2 Å². The number of hydrogen-bond acceptors (Lipinski definition) is 5. The summed E-state index contributed by atoms with van der Waals surface area (Å²) in [6, 6.07) is 9.58. The molecule has 0 fully saturated rings. The van der Waals surface area contributed by atoms with Gasteiger partial charge in [-0.25, -0.2) is 0 Å². The van der Waals surface area contributed by atoms with Crippen LogP contribution in [0.5, 0.6) is 11.5 Å². The van der Waals surface area contributed by atoms with E-state index in [1.807, 2.05) is 38.1 Å². The van der Waals surface area contributed by atoms with Crippen LogP contribution in [0.1, 0.15) is 72.3 Å². The summed E-state index contributed by atoms with van der Waals surface area (Å²) < 4.78 is 18.4. The molecule has 0 saturated heterocycles. The van der Waals surface area contributed by atoms with Crippen molar-refractivity contribution in [1.82, 2.24) is 10.3 Å². The van der Waals surface area contributed by atoms with E-state index in [1.165, 1.54) is 0 Å². The molecule has 0 aliphatic heterocycles. The number of carbonyl (C=O) groups excluding carboxylic acids is 1. The zero-order chi connectivity index (χ0) is 27.0. The molecule has 0 bridgehead atoms. The van der Waals surface area contributed by atoms with Gasteiger partial charge in [-0.3, -0.25) is 4.79 Å². The van der Waals surface area contributed by atoms with Crippen molar-refractivity contribution in [2.45, 2.75) is 90.6 Å². The Balaban J connectivity index is 2.46. The topological polar surface area (TPSA) is 92.8 Å². The lowest BCUT2D eigenvalue weighted by atomic mass is 10.1. The van der Waals surface area contributed by atoms with Crippen LogP contribution in [0.15, 0.2) is 30.3 Å². The van der Waals surface area contributed by atoms with Gasteiger partial charge in [-0.1, -0.05) is 48.5 Å².